The summed E-state index contributed by atoms with van der Waals surface area (Å²) >= 11 is 3.44. The zero-order valence-corrected chi connectivity index (χ0v) is 13.7. The van der Waals surface area contributed by atoms with Gasteiger partial charge in [-0.25, -0.2) is 0 Å². The van der Waals surface area contributed by atoms with E-state index in [1.165, 1.54) is 11.1 Å². The zero-order valence-electron chi connectivity index (χ0n) is 12.1. The molecule has 0 radical (unpaired) electrons. The summed E-state index contributed by atoms with van der Waals surface area (Å²) in [7, 11) is 0. The van der Waals surface area contributed by atoms with E-state index in [0.717, 1.165) is 23.1 Å². The Balaban J connectivity index is 1.84. The van der Waals surface area contributed by atoms with Crippen LogP contribution in [0.25, 0.3) is 11.1 Å². The summed E-state index contributed by atoms with van der Waals surface area (Å²) in [6.45, 7) is 2.28. The average molecular weight is 347 g/mol. The number of carbonyl (C=O) groups excluding carboxylic acids is 1. The van der Waals surface area contributed by atoms with Gasteiger partial charge in [-0.2, -0.15) is 0 Å². The molecule has 2 nitrogen and oxygen atoms in total. The summed E-state index contributed by atoms with van der Waals surface area (Å²) in [6.07, 6.45) is 2.45. The van der Waals surface area contributed by atoms with E-state index in [0.29, 0.717) is 13.0 Å². The van der Waals surface area contributed by atoms with Gasteiger partial charge in [-0.1, -0.05) is 40.2 Å². The maximum atomic E-state index is 10.8. The minimum Gasteiger partial charge on any atom is -0.494 e. The largest absolute Gasteiger partial charge is 0.494 e. The molecule has 0 spiro atoms. The van der Waals surface area contributed by atoms with Crippen LogP contribution in [0.15, 0.2) is 53.0 Å². The summed E-state index contributed by atoms with van der Waals surface area (Å²) in [4.78, 5) is 10.8. The van der Waals surface area contributed by atoms with E-state index in [2.05, 4.69) is 40.2 Å². The van der Waals surface area contributed by atoms with Crippen molar-refractivity contribution in [3.8, 4) is 16.9 Å². The van der Waals surface area contributed by atoms with E-state index in [1.54, 1.807) is 6.92 Å². The highest BCUT2D eigenvalue weighted by Crippen LogP contribution is 2.24. The van der Waals surface area contributed by atoms with Crippen LogP contribution in [0.5, 0.6) is 5.75 Å². The van der Waals surface area contributed by atoms with E-state index in [4.69, 9.17) is 4.74 Å². The van der Waals surface area contributed by atoms with Crippen molar-refractivity contribution in [1.29, 1.82) is 0 Å². The van der Waals surface area contributed by atoms with Gasteiger partial charge in [-0.15, -0.1) is 0 Å². The molecule has 0 saturated heterocycles. The maximum absolute atomic E-state index is 10.8. The number of Topliss-reactive ketones (excluding diaryl/α,β-unsaturated/α-hetero) is 1. The van der Waals surface area contributed by atoms with Gasteiger partial charge in [-0.05, 0) is 55.2 Å². The molecule has 0 aliphatic rings. The molecule has 0 bridgehead atoms. The minimum atomic E-state index is 0.244. The van der Waals surface area contributed by atoms with Crippen LogP contribution in [0.4, 0.5) is 0 Å². The molecule has 0 aliphatic carbocycles. The van der Waals surface area contributed by atoms with Crippen molar-refractivity contribution in [1.82, 2.24) is 0 Å². The molecule has 2 rings (SSSR count). The third kappa shape index (κ3) is 5.35. The molecular formula is C18H19BrO2. The minimum absolute atomic E-state index is 0.244. The van der Waals surface area contributed by atoms with Crippen molar-refractivity contribution in [2.75, 3.05) is 6.61 Å². The number of carbonyl (C=O) groups is 1. The monoisotopic (exact) mass is 346 g/mol. The number of ether oxygens (including phenoxy) is 1. The van der Waals surface area contributed by atoms with Crippen LogP contribution in [0.1, 0.15) is 26.2 Å². The SMILES string of the molecule is CC(=O)CCCCOc1ccc(-c2ccc(Br)cc2)cc1. The topological polar surface area (TPSA) is 26.3 Å². The quantitative estimate of drug-likeness (QED) is 0.639. The van der Waals surface area contributed by atoms with E-state index >= 15 is 0 Å². The summed E-state index contributed by atoms with van der Waals surface area (Å²) in [5.41, 5.74) is 2.36. The molecule has 21 heavy (non-hydrogen) atoms. The second-order valence-electron chi connectivity index (χ2n) is 5.04. The molecule has 0 aliphatic heterocycles. The number of hydrogen-bond donors (Lipinski definition) is 0. The molecule has 0 N–H and O–H groups in total. The van der Waals surface area contributed by atoms with E-state index < -0.39 is 0 Å². The first kappa shape index (κ1) is 15.8. The van der Waals surface area contributed by atoms with Crippen molar-refractivity contribution in [3.63, 3.8) is 0 Å². The van der Waals surface area contributed by atoms with Crippen molar-refractivity contribution in [2.24, 2.45) is 0 Å². The summed E-state index contributed by atoms with van der Waals surface area (Å²) in [6, 6.07) is 16.3. The van der Waals surface area contributed by atoms with Crippen LogP contribution in [-0.4, -0.2) is 12.4 Å². The fourth-order valence-corrected chi connectivity index (χ4v) is 2.32. The van der Waals surface area contributed by atoms with Gasteiger partial charge in [0.1, 0.15) is 11.5 Å². The van der Waals surface area contributed by atoms with Crippen LogP contribution in [0.3, 0.4) is 0 Å². The van der Waals surface area contributed by atoms with E-state index in [-0.39, 0.29) is 5.78 Å². The highest BCUT2D eigenvalue weighted by atomic mass is 79.9. The Labute approximate surface area is 134 Å². The standard InChI is InChI=1S/C18H19BrO2/c1-14(20)4-2-3-13-21-18-11-7-16(8-12-18)15-5-9-17(19)10-6-15/h5-12H,2-4,13H2,1H3. The first-order valence-corrected chi connectivity index (χ1v) is 7.93. The van der Waals surface area contributed by atoms with E-state index in [1.807, 2.05) is 24.3 Å². The molecule has 0 saturated carbocycles. The molecule has 3 heteroatoms. The lowest BCUT2D eigenvalue weighted by Gasteiger charge is -2.07. The predicted molar refractivity (Wildman–Crippen MR) is 89.6 cm³/mol. The molecule has 0 aromatic heterocycles. The lowest BCUT2D eigenvalue weighted by Crippen LogP contribution is -1.99. The maximum Gasteiger partial charge on any atom is 0.129 e. The van der Waals surface area contributed by atoms with Gasteiger partial charge in [-0.3, -0.25) is 0 Å². The van der Waals surface area contributed by atoms with Gasteiger partial charge in [0, 0.05) is 10.9 Å². The Morgan fingerprint density at radius 2 is 1.52 bits per heavy atom. The van der Waals surface area contributed by atoms with Crippen molar-refractivity contribution < 1.29 is 9.53 Å². The van der Waals surface area contributed by atoms with Gasteiger partial charge < -0.3 is 9.53 Å². The van der Waals surface area contributed by atoms with Crippen molar-refractivity contribution >= 4 is 21.7 Å². The number of hydrogen-bond acceptors (Lipinski definition) is 2. The molecule has 2 aromatic rings. The lowest BCUT2D eigenvalue weighted by molar-refractivity contribution is -0.117. The van der Waals surface area contributed by atoms with E-state index in [9.17, 15) is 4.79 Å². The van der Waals surface area contributed by atoms with Crippen LogP contribution >= 0.6 is 15.9 Å². The first-order valence-electron chi connectivity index (χ1n) is 7.13. The zero-order chi connectivity index (χ0) is 15.1. The lowest BCUT2D eigenvalue weighted by atomic mass is 10.1. The number of rotatable bonds is 7. The van der Waals surface area contributed by atoms with Gasteiger partial charge >= 0.3 is 0 Å². The van der Waals surface area contributed by atoms with Crippen LogP contribution in [0, 0.1) is 0 Å². The van der Waals surface area contributed by atoms with Crippen LogP contribution < -0.4 is 4.74 Å². The first-order chi connectivity index (χ1) is 10.1. The number of unbranched alkanes of at least 4 members (excludes halogenated alkanes) is 1. The second kappa shape index (κ2) is 7.99. The Morgan fingerprint density at radius 1 is 0.952 bits per heavy atom. The molecule has 0 atom stereocenters. The Hall–Kier alpha value is -1.61. The van der Waals surface area contributed by atoms with Crippen molar-refractivity contribution in [3.05, 3.63) is 53.0 Å². The third-order valence-corrected chi connectivity index (χ3v) is 3.75. The molecule has 0 fully saturated rings. The smallest absolute Gasteiger partial charge is 0.129 e. The van der Waals surface area contributed by atoms with Gasteiger partial charge in [0.05, 0.1) is 6.61 Å². The molecule has 0 heterocycles. The summed E-state index contributed by atoms with van der Waals surface area (Å²) in [5, 5.41) is 0. The number of benzene rings is 2. The van der Waals surface area contributed by atoms with Crippen LogP contribution in [-0.2, 0) is 4.79 Å². The predicted octanol–water partition coefficient (Wildman–Crippen LogP) is 5.25. The Bertz CT molecular complexity index is 573. The number of ketones is 1. The average Bonchev–Trinajstić information content (AvgIpc) is 2.48. The van der Waals surface area contributed by atoms with Gasteiger partial charge in [0.25, 0.3) is 0 Å². The van der Waals surface area contributed by atoms with Gasteiger partial charge in [0.2, 0.25) is 0 Å². The summed E-state index contributed by atoms with van der Waals surface area (Å²) < 4.78 is 6.76. The Kier molecular flexibility index (Phi) is 6.00. The third-order valence-electron chi connectivity index (χ3n) is 3.22. The fraction of sp³-hybridized carbons (Fsp3) is 0.278. The molecule has 110 valence electrons. The molecule has 0 unspecified atom stereocenters. The highest BCUT2D eigenvalue weighted by Gasteiger charge is 1.99. The molecule has 2 aromatic carbocycles. The van der Waals surface area contributed by atoms with Gasteiger partial charge in [0.15, 0.2) is 0 Å². The fourth-order valence-electron chi connectivity index (χ4n) is 2.05. The number of halogens is 1. The molecular weight excluding hydrogens is 328 g/mol. The normalized spacial score (nSPS) is 10.4. The second-order valence-corrected chi connectivity index (χ2v) is 5.95. The molecule has 0 amide bonds. The Morgan fingerprint density at radius 3 is 2.10 bits per heavy atom. The summed E-state index contributed by atoms with van der Waals surface area (Å²) in [5.74, 6) is 1.12. The highest BCUT2D eigenvalue weighted by molar-refractivity contribution is 9.10. The van der Waals surface area contributed by atoms with Crippen molar-refractivity contribution in [2.45, 2.75) is 26.2 Å². The van der Waals surface area contributed by atoms with Crippen LogP contribution in [0.2, 0.25) is 0 Å².